The normalized spacial score (nSPS) is 12.5. The predicted octanol–water partition coefficient (Wildman–Crippen LogP) is 5.14. The number of aryl methyl sites for hydroxylation is 3. The molecule has 39 heavy (non-hydrogen) atoms. The van der Waals surface area contributed by atoms with Gasteiger partial charge in [-0.1, -0.05) is 65.2 Å². The molecule has 0 aliphatic carbocycles. The number of carbonyl (C=O) groups excluding carboxylic acids is 2. The van der Waals surface area contributed by atoms with Gasteiger partial charge in [-0.25, -0.2) is 8.42 Å². The first-order valence-electron chi connectivity index (χ1n) is 13.0. The third-order valence-electron chi connectivity index (χ3n) is 6.35. The maximum Gasteiger partial charge on any atom is 0.264 e. The number of nitrogens with zero attached hydrogens (tertiary/aromatic N) is 2. The van der Waals surface area contributed by atoms with E-state index in [0.29, 0.717) is 5.69 Å². The summed E-state index contributed by atoms with van der Waals surface area (Å²) < 4.78 is 28.8. The van der Waals surface area contributed by atoms with Crippen molar-refractivity contribution in [1.82, 2.24) is 10.2 Å². The van der Waals surface area contributed by atoms with Crippen LogP contribution in [0, 0.1) is 20.8 Å². The van der Waals surface area contributed by atoms with Gasteiger partial charge in [-0.2, -0.15) is 0 Å². The van der Waals surface area contributed by atoms with Gasteiger partial charge >= 0.3 is 0 Å². The molecule has 0 fully saturated rings. The number of sulfonamides is 1. The van der Waals surface area contributed by atoms with Crippen molar-refractivity contribution in [1.29, 1.82) is 0 Å². The smallest absolute Gasteiger partial charge is 0.264 e. The summed E-state index contributed by atoms with van der Waals surface area (Å²) >= 11 is 0. The third kappa shape index (κ3) is 7.93. The van der Waals surface area contributed by atoms with Gasteiger partial charge in [0.15, 0.2) is 0 Å². The number of hydrogen-bond donors (Lipinski definition) is 1. The van der Waals surface area contributed by atoms with Gasteiger partial charge in [-0.3, -0.25) is 13.9 Å². The van der Waals surface area contributed by atoms with Gasteiger partial charge in [0, 0.05) is 12.1 Å². The molecule has 1 N–H and O–H groups in total. The highest BCUT2D eigenvalue weighted by molar-refractivity contribution is 7.92. The van der Waals surface area contributed by atoms with Crippen LogP contribution < -0.4 is 9.62 Å². The summed E-state index contributed by atoms with van der Waals surface area (Å²) in [5, 5.41) is 2.94. The molecule has 0 aliphatic heterocycles. The molecule has 0 spiro atoms. The predicted molar refractivity (Wildman–Crippen MR) is 156 cm³/mol. The Bertz CT molecular complexity index is 1390. The largest absolute Gasteiger partial charge is 0.350 e. The lowest BCUT2D eigenvalue weighted by atomic mass is 10.1. The van der Waals surface area contributed by atoms with Crippen LogP contribution in [0.25, 0.3) is 0 Å². The quantitative estimate of drug-likeness (QED) is 0.401. The first-order valence-corrected chi connectivity index (χ1v) is 14.4. The highest BCUT2D eigenvalue weighted by atomic mass is 32.2. The second kappa shape index (κ2) is 12.0. The Hall–Kier alpha value is -3.65. The minimum atomic E-state index is -4.08. The third-order valence-corrected chi connectivity index (χ3v) is 8.14. The maximum absolute atomic E-state index is 13.9. The molecule has 0 aromatic heterocycles. The van der Waals surface area contributed by atoms with Crippen LogP contribution in [0.2, 0.25) is 0 Å². The summed E-state index contributed by atoms with van der Waals surface area (Å²) in [5.74, 6) is -0.797. The lowest BCUT2D eigenvalue weighted by Gasteiger charge is -2.33. The Labute approximate surface area is 232 Å². The summed E-state index contributed by atoms with van der Waals surface area (Å²) in [6.07, 6.45) is 0. The zero-order valence-corrected chi connectivity index (χ0v) is 24.7. The van der Waals surface area contributed by atoms with Crippen molar-refractivity contribution >= 4 is 27.5 Å². The van der Waals surface area contributed by atoms with Crippen LogP contribution in [0.4, 0.5) is 5.69 Å². The molecular weight excluding hydrogens is 510 g/mol. The molecule has 1 atom stereocenters. The zero-order valence-electron chi connectivity index (χ0n) is 23.9. The highest BCUT2D eigenvalue weighted by Crippen LogP contribution is 2.25. The van der Waals surface area contributed by atoms with Gasteiger partial charge in [0.2, 0.25) is 11.8 Å². The van der Waals surface area contributed by atoms with E-state index in [4.69, 9.17) is 0 Å². The number of rotatable bonds is 9. The monoisotopic (exact) mass is 549 g/mol. The molecule has 0 aliphatic rings. The molecule has 208 valence electrons. The average molecular weight is 550 g/mol. The Morgan fingerprint density at radius 3 is 1.74 bits per heavy atom. The standard InChI is InChI=1S/C31H39N3O4S/c1-22-8-14-26(15-9-22)20-33(25(4)30(36)32-31(5,6)7)29(35)21-34(27-16-10-23(2)11-17-27)39(37,38)28-18-12-24(3)13-19-28/h8-19,25H,20-21H2,1-7H3,(H,32,36)/t25-/m1/s1. The Kier molecular flexibility index (Phi) is 9.22. The van der Waals surface area contributed by atoms with E-state index in [1.165, 1.54) is 4.90 Å². The molecular formula is C31H39N3O4S. The van der Waals surface area contributed by atoms with E-state index in [9.17, 15) is 18.0 Å². The number of hydrogen-bond acceptors (Lipinski definition) is 4. The molecule has 3 aromatic rings. The fourth-order valence-corrected chi connectivity index (χ4v) is 5.44. The second-order valence-corrected chi connectivity index (χ2v) is 12.9. The first-order chi connectivity index (χ1) is 18.2. The van der Waals surface area contributed by atoms with E-state index in [1.807, 2.05) is 65.8 Å². The van der Waals surface area contributed by atoms with E-state index in [0.717, 1.165) is 26.6 Å². The number of carbonyl (C=O) groups is 2. The second-order valence-electron chi connectivity index (χ2n) is 11.1. The molecule has 0 heterocycles. The van der Waals surface area contributed by atoms with Crippen LogP contribution >= 0.6 is 0 Å². The summed E-state index contributed by atoms with van der Waals surface area (Å²) in [7, 11) is -4.08. The van der Waals surface area contributed by atoms with Gasteiger partial charge in [0.25, 0.3) is 10.0 Å². The zero-order chi connectivity index (χ0) is 29.0. The van der Waals surface area contributed by atoms with E-state index >= 15 is 0 Å². The number of nitrogens with one attached hydrogen (secondary N) is 1. The Balaban J connectivity index is 2.02. The first kappa shape index (κ1) is 29.9. The molecule has 0 unspecified atom stereocenters. The Morgan fingerprint density at radius 2 is 1.26 bits per heavy atom. The van der Waals surface area contributed by atoms with E-state index in [2.05, 4.69) is 5.32 Å². The molecule has 7 nitrogen and oxygen atoms in total. The van der Waals surface area contributed by atoms with Crippen molar-refractivity contribution in [3.63, 3.8) is 0 Å². The van der Waals surface area contributed by atoms with Gasteiger partial charge in [0.1, 0.15) is 12.6 Å². The summed E-state index contributed by atoms with van der Waals surface area (Å²) in [6.45, 7) is 12.7. The SMILES string of the molecule is Cc1ccc(CN(C(=O)CN(c2ccc(C)cc2)S(=O)(=O)c2ccc(C)cc2)[C@H](C)C(=O)NC(C)(C)C)cc1. The number of amides is 2. The van der Waals surface area contributed by atoms with Crippen LogP contribution in [0.3, 0.4) is 0 Å². The molecule has 0 saturated carbocycles. The van der Waals surface area contributed by atoms with Crippen molar-refractivity contribution in [2.45, 2.75) is 71.5 Å². The fourth-order valence-electron chi connectivity index (χ4n) is 4.02. The molecule has 0 saturated heterocycles. The molecule has 2 amide bonds. The van der Waals surface area contributed by atoms with Crippen molar-refractivity contribution in [2.24, 2.45) is 0 Å². The van der Waals surface area contributed by atoms with Crippen LogP contribution in [-0.2, 0) is 26.2 Å². The van der Waals surface area contributed by atoms with Crippen molar-refractivity contribution in [3.05, 3.63) is 95.1 Å². The van der Waals surface area contributed by atoms with E-state index < -0.39 is 34.1 Å². The lowest BCUT2D eigenvalue weighted by Crippen LogP contribution is -2.54. The van der Waals surface area contributed by atoms with Crippen molar-refractivity contribution in [2.75, 3.05) is 10.8 Å². The van der Waals surface area contributed by atoms with E-state index in [1.54, 1.807) is 55.5 Å². The maximum atomic E-state index is 13.9. The summed E-state index contributed by atoms with van der Waals surface area (Å²) in [6, 6.07) is 20.4. The van der Waals surface area contributed by atoms with Crippen molar-refractivity contribution < 1.29 is 18.0 Å². The van der Waals surface area contributed by atoms with Crippen LogP contribution in [0.1, 0.15) is 49.9 Å². The average Bonchev–Trinajstić information content (AvgIpc) is 2.86. The van der Waals surface area contributed by atoms with Gasteiger partial charge in [-0.15, -0.1) is 0 Å². The van der Waals surface area contributed by atoms with E-state index in [-0.39, 0.29) is 17.3 Å². The molecule has 0 radical (unpaired) electrons. The number of anilines is 1. The Morgan fingerprint density at radius 1 is 0.795 bits per heavy atom. The van der Waals surface area contributed by atoms with Crippen LogP contribution in [0.5, 0.6) is 0 Å². The summed E-state index contributed by atoms with van der Waals surface area (Å²) in [5.41, 5.74) is 3.68. The van der Waals surface area contributed by atoms with Gasteiger partial charge in [-0.05, 0) is 78.3 Å². The lowest BCUT2D eigenvalue weighted by molar-refractivity contribution is -0.140. The molecule has 3 aromatic carbocycles. The fraction of sp³-hybridized carbons (Fsp3) is 0.355. The minimum Gasteiger partial charge on any atom is -0.350 e. The van der Waals surface area contributed by atoms with Crippen LogP contribution in [0.15, 0.2) is 77.7 Å². The van der Waals surface area contributed by atoms with Crippen molar-refractivity contribution in [3.8, 4) is 0 Å². The van der Waals surface area contributed by atoms with Crippen LogP contribution in [-0.4, -0.2) is 43.3 Å². The van der Waals surface area contributed by atoms with Gasteiger partial charge < -0.3 is 10.2 Å². The molecule has 8 heteroatoms. The van der Waals surface area contributed by atoms with Gasteiger partial charge in [0.05, 0.1) is 10.6 Å². The minimum absolute atomic E-state index is 0.0880. The molecule has 0 bridgehead atoms. The topological polar surface area (TPSA) is 86.8 Å². The molecule has 3 rings (SSSR count). The number of benzene rings is 3. The summed E-state index contributed by atoms with van der Waals surface area (Å²) in [4.78, 5) is 28.6. The highest BCUT2D eigenvalue weighted by Gasteiger charge is 2.33.